The van der Waals surface area contributed by atoms with E-state index in [1.54, 1.807) is 47.0 Å². The molecule has 1 heterocycles. The van der Waals surface area contributed by atoms with E-state index in [0.29, 0.717) is 45.2 Å². The number of rotatable bonds is 9. The van der Waals surface area contributed by atoms with E-state index < -0.39 is 0 Å². The Morgan fingerprint density at radius 3 is 2.50 bits per heavy atom. The van der Waals surface area contributed by atoms with Gasteiger partial charge in [0.05, 0.1) is 16.7 Å². The Hall–Kier alpha value is -3.42. The third-order valence-corrected chi connectivity index (χ3v) is 6.76. The molecule has 0 aliphatic carbocycles. The molecule has 0 unspecified atom stereocenters. The molecule has 0 spiro atoms. The molecule has 36 heavy (non-hydrogen) atoms. The standard InChI is InChI=1S/C28H26ClN3O3S/c1-18(2)30-26(34)21-11-12-23-24(16-21)31-28(36-17-25(33)20-9-6-10-22(29)15-20)32(27(23)35)14-13-19-7-4-3-5-8-19/h3-12,15-16,18H,13-14,17H2,1-2H3,(H,30,34). The van der Waals surface area contributed by atoms with Crippen LogP contribution >= 0.6 is 23.4 Å². The Balaban J connectivity index is 1.69. The topological polar surface area (TPSA) is 81.1 Å². The lowest BCUT2D eigenvalue weighted by molar-refractivity contribution is 0.0942. The van der Waals surface area contributed by atoms with Gasteiger partial charge in [-0.3, -0.25) is 19.0 Å². The highest BCUT2D eigenvalue weighted by molar-refractivity contribution is 7.99. The van der Waals surface area contributed by atoms with Gasteiger partial charge in [-0.2, -0.15) is 0 Å². The Bertz CT molecular complexity index is 1470. The van der Waals surface area contributed by atoms with Crippen LogP contribution in [0.1, 0.15) is 40.1 Å². The minimum Gasteiger partial charge on any atom is -0.350 e. The molecule has 6 nitrogen and oxygen atoms in total. The summed E-state index contributed by atoms with van der Waals surface area (Å²) in [4.78, 5) is 43.5. The molecule has 184 valence electrons. The fourth-order valence-electron chi connectivity index (χ4n) is 3.76. The number of carbonyl (C=O) groups excluding carboxylic acids is 2. The Labute approximate surface area is 218 Å². The van der Waals surface area contributed by atoms with Crippen molar-refractivity contribution in [3.05, 3.63) is 105 Å². The van der Waals surface area contributed by atoms with Crippen molar-refractivity contribution in [2.24, 2.45) is 0 Å². The van der Waals surface area contributed by atoms with E-state index in [4.69, 9.17) is 16.6 Å². The summed E-state index contributed by atoms with van der Waals surface area (Å²) in [6, 6.07) is 21.6. The first kappa shape index (κ1) is 25.7. The average molecular weight is 520 g/mol. The Morgan fingerprint density at radius 1 is 1.00 bits per heavy atom. The second kappa shape index (κ2) is 11.5. The number of hydrogen-bond donors (Lipinski definition) is 1. The molecular weight excluding hydrogens is 494 g/mol. The second-order valence-corrected chi connectivity index (χ2v) is 10.0. The van der Waals surface area contributed by atoms with Gasteiger partial charge in [0, 0.05) is 28.7 Å². The molecule has 3 aromatic carbocycles. The first-order chi connectivity index (χ1) is 17.3. The van der Waals surface area contributed by atoms with Crippen LogP contribution in [0.25, 0.3) is 10.9 Å². The van der Waals surface area contributed by atoms with Crippen LogP contribution < -0.4 is 10.9 Å². The highest BCUT2D eigenvalue weighted by Crippen LogP contribution is 2.22. The summed E-state index contributed by atoms with van der Waals surface area (Å²) in [5, 5.41) is 4.20. The number of thioether (sulfide) groups is 1. The predicted molar refractivity (Wildman–Crippen MR) is 145 cm³/mol. The van der Waals surface area contributed by atoms with Crippen LogP contribution in [0.2, 0.25) is 5.02 Å². The quantitative estimate of drug-likeness (QED) is 0.182. The van der Waals surface area contributed by atoms with Gasteiger partial charge < -0.3 is 5.32 Å². The van der Waals surface area contributed by atoms with Crippen LogP contribution in [0.3, 0.4) is 0 Å². The lowest BCUT2D eigenvalue weighted by Crippen LogP contribution is -2.30. The van der Waals surface area contributed by atoms with Gasteiger partial charge in [-0.1, -0.05) is 65.8 Å². The zero-order valence-corrected chi connectivity index (χ0v) is 21.6. The summed E-state index contributed by atoms with van der Waals surface area (Å²) in [5.41, 5.74) is 2.24. The van der Waals surface area contributed by atoms with Gasteiger partial charge in [0.2, 0.25) is 0 Å². The summed E-state index contributed by atoms with van der Waals surface area (Å²) in [6.07, 6.45) is 0.638. The molecular formula is C28H26ClN3O3S. The molecule has 0 radical (unpaired) electrons. The number of Topliss-reactive ketones (excluding diaryl/α,β-unsaturated/α-hetero) is 1. The van der Waals surface area contributed by atoms with Crippen molar-refractivity contribution in [1.29, 1.82) is 0 Å². The van der Waals surface area contributed by atoms with E-state index in [9.17, 15) is 14.4 Å². The highest BCUT2D eigenvalue weighted by Gasteiger charge is 2.16. The molecule has 4 rings (SSSR count). The van der Waals surface area contributed by atoms with Gasteiger partial charge in [0.1, 0.15) is 0 Å². The second-order valence-electron chi connectivity index (χ2n) is 8.67. The molecule has 1 aromatic heterocycles. The van der Waals surface area contributed by atoms with E-state index in [2.05, 4.69) is 5.32 Å². The number of hydrogen-bond acceptors (Lipinski definition) is 5. The molecule has 4 aromatic rings. The van der Waals surface area contributed by atoms with Crippen molar-refractivity contribution < 1.29 is 9.59 Å². The van der Waals surface area contributed by atoms with Crippen molar-refractivity contribution in [2.75, 3.05) is 5.75 Å². The zero-order chi connectivity index (χ0) is 25.7. The monoisotopic (exact) mass is 519 g/mol. The Kier molecular flexibility index (Phi) is 8.23. The van der Waals surface area contributed by atoms with Crippen molar-refractivity contribution in [3.8, 4) is 0 Å². The first-order valence-electron chi connectivity index (χ1n) is 11.6. The third kappa shape index (κ3) is 6.22. The summed E-state index contributed by atoms with van der Waals surface area (Å²) >= 11 is 7.24. The minimum absolute atomic E-state index is 0.0178. The molecule has 1 N–H and O–H groups in total. The van der Waals surface area contributed by atoms with Crippen LogP contribution in [0.4, 0.5) is 0 Å². The summed E-state index contributed by atoms with van der Waals surface area (Å²) < 4.78 is 1.61. The summed E-state index contributed by atoms with van der Waals surface area (Å²) in [7, 11) is 0. The van der Waals surface area contributed by atoms with Crippen LogP contribution in [-0.4, -0.2) is 33.0 Å². The van der Waals surface area contributed by atoms with Crippen molar-refractivity contribution >= 4 is 46.0 Å². The van der Waals surface area contributed by atoms with E-state index in [-0.39, 0.29) is 29.0 Å². The normalized spacial score (nSPS) is 11.1. The molecule has 0 fully saturated rings. The van der Waals surface area contributed by atoms with Crippen molar-refractivity contribution in [2.45, 2.75) is 38.0 Å². The SMILES string of the molecule is CC(C)NC(=O)c1ccc2c(=O)n(CCc3ccccc3)c(SCC(=O)c3cccc(Cl)c3)nc2c1. The van der Waals surface area contributed by atoms with Gasteiger partial charge >= 0.3 is 0 Å². The maximum absolute atomic E-state index is 13.5. The van der Waals surface area contributed by atoms with Gasteiger partial charge in [0.25, 0.3) is 11.5 Å². The Morgan fingerprint density at radius 2 is 1.78 bits per heavy atom. The lowest BCUT2D eigenvalue weighted by Gasteiger charge is -2.14. The third-order valence-electron chi connectivity index (χ3n) is 5.55. The van der Waals surface area contributed by atoms with Crippen LogP contribution in [0.5, 0.6) is 0 Å². The van der Waals surface area contributed by atoms with Crippen molar-refractivity contribution in [3.63, 3.8) is 0 Å². The van der Waals surface area contributed by atoms with E-state index in [1.807, 2.05) is 44.2 Å². The lowest BCUT2D eigenvalue weighted by atomic mass is 10.1. The zero-order valence-electron chi connectivity index (χ0n) is 20.0. The van der Waals surface area contributed by atoms with Crippen LogP contribution in [0.15, 0.2) is 82.7 Å². The van der Waals surface area contributed by atoms with Gasteiger partial charge in [-0.05, 0) is 56.2 Å². The number of aryl methyl sites for hydroxylation is 1. The molecule has 8 heteroatoms. The predicted octanol–water partition coefficient (Wildman–Crippen LogP) is 5.41. The number of ketones is 1. The molecule has 0 aliphatic rings. The molecule has 1 amide bonds. The number of amides is 1. The number of carbonyl (C=O) groups is 2. The number of halogens is 1. The van der Waals surface area contributed by atoms with Gasteiger partial charge in [0.15, 0.2) is 10.9 Å². The average Bonchev–Trinajstić information content (AvgIpc) is 2.86. The number of nitrogens with zero attached hydrogens (tertiary/aromatic N) is 2. The van der Waals surface area contributed by atoms with E-state index >= 15 is 0 Å². The minimum atomic E-state index is -0.229. The van der Waals surface area contributed by atoms with Gasteiger partial charge in [-0.15, -0.1) is 0 Å². The fraction of sp³-hybridized carbons (Fsp3) is 0.214. The number of aromatic nitrogens is 2. The smallest absolute Gasteiger partial charge is 0.262 e. The molecule has 0 saturated heterocycles. The van der Waals surface area contributed by atoms with Crippen LogP contribution in [-0.2, 0) is 13.0 Å². The van der Waals surface area contributed by atoms with Crippen LogP contribution in [0, 0.1) is 0 Å². The molecule has 0 bridgehead atoms. The number of benzene rings is 3. The summed E-state index contributed by atoms with van der Waals surface area (Å²) in [6.45, 7) is 4.18. The van der Waals surface area contributed by atoms with Gasteiger partial charge in [-0.25, -0.2) is 4.98 Å². The highest BCUT2D eigenvalue weighted by atomic mass is 35.5. The maximum atomic E-state index is 13.5. The number of nitrogens with one attached hydrogen (secondary N) is 1. The number of fused-ring (bicyclic) bond motifs is 1. The largest absolute Gasteiger partial charge is 0.350 e. The van der Waals surface area contributed by atoms with E-state index in [1.165, 1.54) is 11.8 Å². The molecule has 0 aliphatic heterocycles. The van der Waals surface area contributed by atoms with Crippen molar-refractivity contribution in [1.82, 2.24) is 14.9 Å². The maximum Gasteiger partial charge on any atom is 0.262 e. The summed E-state index contributed by atoms with van der Waals surface area (Å²) in [5.74, 6) is -0.249. The first-order valence-corrected chi connectivity index (χ1v) is 13.0. The molecule has 0 atom stereocenters. The molecule has 0 saturated carbocycles. The van der Waals surface area contributed by atoms with E-state index in [0.717, 1.165) is 5.56 Å². The fourth-order valence-corrected chi connectivity index (χ4v) is 4.87.